The van der Waals surface area contributed by atoms with Crippen LogP contribution in [-0.2, 0) is 0 Å². The predicted octanol–water partition coefficient (Wildman–Crippen LogP) is 2.68. The highest BCUT2D eigenvalue weighted by atomic mass is 127. The van der Waals surface area contributed by atoms with Crippen LogP contribution in [0.4, 0.5) is 0 Å². The summed E-state index contributed by atoms with van der Waals surface area (Å²) in [6.07, 6.45) is 0. The number of halogens is 1. The monoisotopic (exact) mass is 386 g/mol. The first-order valence-electron chi connectivity index (χ1n) is 6.72. The van der Waals surface area contributed by atoms with Crippen LogP contribution in [0.3, 0.4) is 0 Å². The molecule has 20 heavy (non-hydrogen) atoms. The summed E-state index contributed by atoms with van der Waals surface area (Å²) < 4.78 is 6.42. The van der Waals surface area contributed by atoms with Crippen molar-refractivity contribution < 1.29 is 4.52 Å². The van der Waals surface area contributed by atoms with Crippen molar-refractivity contribution in [2.45, 2.75) is 19.9 Å². The van der Waals surface area contributed by atoms with Crippen molar-refractivity contribution in [3.05, 3.63) is 33.7 Å². The molecule has 0 aliphatic carbocycles. The number of hydrogen-bond donors (Lipinski definition) is 1. The van der Waals surface area contributed by atoms with Crippen LogP contribution >= 0.6 is 22.6 Å². The van der Waals surface area contributed by atoms with Gasteiger partial charge in [-0.05, 0) is 47.8 Å². The zero-order valence-corrected chi connectivity index (χ0v) is 13.9. The van der Waals surface area contributed by atoms with Gasteiger partial charge >= 0.3 is 0 Å². The minimum absolute atomic E-state index is 0.228. The highest BCUT2D eigenvalue weighted by Gasteiger charge is 2.18. The lowest BCUT2D eigenvalue weighted by Gasteiger charge is -2.20. The Morgan fingerprint density at radius 2 is 2.00 bits per heavy atom. The molecule has 0 amide bonds. The first kappa shape index (κ1) is 15.4. The summed E-state index contributed by atoms with van der Waals surface area (Å²) >= 11 is 2.26. The van der Waals surface area contributed by atoms with Crippen molar-refractivity contribution in [3.63, 3.8) is 0 Å². The second kappa shape index (κ2) is 7.14. The Balaban J connectivity index is 2.15. The van der Waals surface area contributed by atoms with E-state index in [1.54, 1.807) is 0 Å². The van der Waals surface area contributed by atoms with Gasteiger partial charge in [0.15, 0.2) is 5.82 Å². The van der Waals surface area contributed by atoms with Crippen molar-refractivity contribution in [2.24, 2.45) is 5.73 Å². The number of benzene rings is 1. The van der Waals surface area contributed by atoms with Crippen LogP contribution in [0.25, 0.3) is 11.5 Å². The Morgan fingerprint density at radius 1 is 1.30 bits per heavy atom. The molecule has 1 unspecified atom stereocenters. The second-order valence-electron chi connectivity index (χ2n) is 4.53. The van der Waals surface area contributed by atoms with Gasteiger partial charge in [0, 0.05) is 10.1 Å². The molecule has 0 aliphatic heterocycles. The van der Waals surface area contributed by atoms with Gasteiger partial charge in [-0.3, -0.25) is 0 Å². The van der Waals surface area contributed by atoms with Crippen molar-refractivity contribution in [1.29, 1.82) is 0 Å². The predicted molar refractivity (Wildman–Crippen MR) is 87.2 cm³/mol. The summed E-state index contributed by atoms with van der Waals surface area (Å²) in [5, 5.41) is 4.01. The number of nitrogens with zero attached hydrogens (tertiary/aromatic N) is 3. The van der Waals surface area contributed by atoms with E-state index in [-0.39, 0.29) is 6.04 Å². The van der Waals surface area contributed by atoms with Gasteiger partial charge in [0.2, 0.25) is 0 Å². The molecule has 1 atom stereocenters. The summed E-state index contributed by atoms with van der Waals surface area (Å²) in [6, 6.07) is 7.69. The maximum Gasteiger partial charge on any atom is 0.259 e. The van der Waals surface area contributed by atoms with E-state index in [1.807, 2.05) is 24.3 Å². The number of hydrogen-bond acceptors (Lipinski definition) is 5. The van der Waals surface area contributed by atoms with Gasteiger partial charge in [-0.2, -0.15) is 4.98 Å². The molecule has 1 heterocycles. The Morgan fingerprint density at radius 3 is 2.65 bits per heavy atom. The highest BCUT2D eigenvalue weighted by molar-refractivity contribution is 14.1. The summed E-state index contributed by atoms with van der Waals surface area (Å²) in [5.74, 6) is 1.09. The van der Waals surface area contributed by atoms with E-state index in [9.17, 15) is 0 Å². The summed E-state index contributed by atoms with van der Waals surface area (Å²) in [7, 11) is 0. The average Bonchev–Trinajstić information content (AvgIpc) is 2.94. The van der Waals surface area contributed by atoms with E-state index in [0.717, 1.165) is 28.8 Å². The molecule has 1 aromatic heterocycles. The van der Waals surface area contributed by atoms with Crippen molar-refractivity contribution in [1.82, 2.24) is 15.0 Å². The van der Waals surface area contributed by atoms with Gasteiger partial charge in [0.25, 0.3) is 5.89 Å². The topological polar surface area (TPSA) is 68.2 Å². The van der Waals surface area contributed by atoms with E-state index in [1.165, 1.54) is 0 Å². The van der Waals surface area contributed by atoms with E-state index in [0.29, 0.717) is 11.7 Å². The van der Waals surface area contributed by atoms with E-state index in [2.05, 4.69) is 51.5 Å². The zero-order chi connectivity index (χ0) is 14.5. The Kier molecular flexibility index (Phi) is 5.50. The van der Waals surface area contributed by atoms with Crippen molar-refractivity contribution in [2.75, 3.05) is 19.6 Å². The molecule has 6 heteroatoms. The molecular formula is C14H19IN4O. The molecule has 0 bridgehead atoms. The minimum atomic E-state index is -0.228. The molecule has 0 fully saturated rings. The molecule has 1 aromatic carbocycles. The standard InChI is InChI=1S/C14H19IN4O/c1-3-19(4-2)9-12(16)13-17-14(20-18-13)10-7-5-6-8-11(10)15/h5-8,12H,3-4,9,16H2,1-2H3. The summed E-state index contributed by atoms with van der Waals surface area (Å²) in [6.45, 7) is 6.89. The van der Waals surface area contributed by atoms with Crippen LogP contribution in [0.1, 0.15) is 25.7 Å². The van der Waals surface area contributed by atoms with Gasteiger partial charge in [0.05, 0.1) is 11.6 Å². The normalized spacial score (nSPS) is 12.8. The summed E-state index contributed by atoms with van der Waals surface area (Å²) in [5.41, 5.74) is 7.09. The van der Waals surface area contributed by atoms with Crippen molar-refractivity contribution in [3.8, 4) is 11.5 Å². The van der Waals surface area contributed by atoms with Crippen LogP contribution in [-0.4, -0.2) is 34.7 Å². The third-order valence-electron chi connectivity index (χ3n) is 3.23. The molecular weight excluding hydrogens is 367 g/mol. The smallest absolute Gasteiger partial charge is 0.259 e. The van der Waals surface area contributed by atoms with Crippen LogP contribution in [0.15, 0.2) is 28.8 Å². The molecule has 0 saturated heterocycles. The molecule has 5 nitrogen and oxygen atoms in total. The molecule has 2 N–H and O–H groups in total. The van der Waals surface area contributed by atoms with Gasteiger partial charge < -0.3 is 15.2 Å². The lowest BCUT2D eigenvalue weighted by molar-refractivity contribution is 0.278. The quantitative estimate of drug-likeness (QED) is 0.774. The van der Waals surface area contributed by atoms with Crippen LogP contribution in [0.5, 0.6) is 0 Å². The highest BCUT2D eigenvalue weighted by Crippen LogP contribution is 2.24. The van der Waals surface area contributed by atoms with E-state index >= 15 is 0 Å². The number of rotatable bonds is 6. The molecule has 0 spiro atoms. The fourth-order valence-electron chi connectivity index (χ4n) is 1.97. The lowest BCUT2D eigenvalue weighted by atomic mass is 10.2. The molecule has 108 valence electrons. The maximum atomic E-state index is 6.15. The SMILES string of the molecule is CCN(CC)CC(N)c1noc(-c2ccccc2I)n1. The number of aromatic nitrogens is 2. The third kappa shape index (κ3) is 3.56. The first-order chi connectivity index (χ1) is 9.65. The molecule has 0 aliphatic rings. The van der Waals surface area contributed by atoms with Crippen LogP contribution < -0.4 is 5.73 Å². The number of likely N-dealkylation sites (N-methyl/N-ethyl adjacent to an activating group) is 1. The van der Waals surface area contributed by atoms with Gasteiger partial charge in [-0.15, -0.1) is 0 Å². The zero-order valence-electron chi connectivity index (χ0n) is 11.7. The van der Waals surface area contributed by atoms with Gasteiger partial charge in [-0.1, -0.05) is 31.1 Å². The largest absolute Gasteiger partial charge is 0.334 e. The summed E-state index contributed by atoms with van der Waals surface area (Å²) in [4.78, 5) is 6.67. The lowest BCUT2D eigenvalue weighted by Crippen LogP contribution is -2.32. The maximum absolute atomic E-state index is 6.15. The van der Waals surface area contributed by atoms with Crippen LogP contribution in [0.2, 0.25) is 0 Å². The first-order valence-corrected chi connectivity index (χ1v) is 7.80. The van der Waals surface area contributed by atoms with Crippen molar-refractivity contribution >= 4 is 22.6 Å². The molecule has 0 saturated carbocycles. The van der Waals surface area contributed by atoms with Crippen LogP contribution in [0, 0.1) is 3.57 Å². The second-order valence-corrected chi connectivity index (χ2v) is 5.69. The molecule has 0 radical (unpaired) electrons. The molecule has 2 rings (SSSR count). The fraction of sp³-hybridized carbons (Fsp3) is 0.429. The Hall–Kier alpha value is -0.990. The Labute approximate surface area is 132 Å². The van der Waals surface area contributed by atoms with Gasteiger partial charge in [0.1, 0.15) is 0 Å². The van der Waals surface area contributed by atoms with E-state index < -0.39 is 0 Å². The molecule has 2 aromatic rings. The minimum Gasteiger partial charge on any atom is -0.334 e. The van der Waals surface area contributed by atoms with E-state index in [4.69, 9.17) is 10.3 Å². The Bertz CT molecular complexity index is 554. The fourth-order valence-corrected chi connectivity index (χ4v) is 2.59. The van der Waals surface area contributed by atoms with Gasteiger partial charge in [-0.25, -0.2) is 0 Å². The average molecular weight is 386 g/mol. The third-order valence-corrected chi connectivity index (χ3v) is 4.17. The number of nitrogens with two attached hydrogens (primary N) is 1.